The van der Waals surface area contributed by atoms with Gasteiger partial charge in [-0.15, -0.1) is 6.58 Å². The third kappa shape index (κ3) is 6.66. The molecule has 0 radical (unpaired) electrons. The molecule has 0 heteroatoms. The number of hydrogen-bond acceptors (Lipinski definition) is 0. The Morgan fingerprint density at radius 3 is 2.44 bits per heavy atom. The van der Waals surface area contributed by atoms with Crippen molar-refractivity contribution in [2.45, 2.75) is 59.8 Å². The number of allylic oxidation sites excluding steroid dienone is 5. The number of rotatable bonds is 8. The first-order valence-electron chi connectivity index (χ1n) is 6.63. The van der Waals surface area contributed by atoms with Gasteiger partial charge in [-0.25, -0.2) is 0 Å². The lowest BCUT2D eigenvalue weighted by Gasteiger charge is -2.11. The number of hydrogen-bond donors (Lipinski definition) is 0. The Morgan fingerprint density at radius 1 is 1.25 bits per heavy atom. The zero-order chi connectivity index (χ0) is 12.4. The molecule has 0 spiro atoms. The average Bonchev–Trinajstić information content (AvgIpc) is 2.28. The second-order valence-electron chi connectivity index (χ2n) is 4.66. The van der Waals surface area contributed by atoms with Gasteiger partial charge in [-0.05, 0) is 37.7 Å². The van der Waals surface area contributed by atoms with Crippen LogP contribution in [0.4, 0.5) is 0 Å². The summed E-state index contributed by atoms with van der Waals surface area (Å²) in [7, 11) is 0. The zero-order valence-corrected chi connectivity index (χ0v) is 11.6. The Kier molecular flexibility index (Phi) is 8.99. The highest BCUT2D eigenvalue weighted by molar-refractivity contribution is 5.25. The Labute approximate surface area is 102 Å². The molecule has 0 heterocycles. The Hall–Kier alpha value is -0.780. The van der Waals surface area contributed by atoms with E-state index in [0.29, 0.717) is 5.92 Å². The second kappa shape index (κ2) is 9.45. The topological polar surface area (TPSA) is 0 Å². The van der Waals surface area contributed by atoms with Crippen molar-refractivity contribution >= 4 is 0 Å². The fourth-order valence-electron chi connectivity index (χ4n) is 1.74. The fourth-order valence-corrected chi connectivity index (χ4v) is 1.74. The summed E-state index contributed by atoms with van der Waals surface area (Å²) >= 11 is 0. The SMILES string of the molecule is C=CC(C)CC(C=CCCC)=C(C)CCC. The molecule has 1 atom stereocenters. The minimum absolute atomic E-state index is 0.577. The summed E-state index contributed by atoms with van der Waals surface area (Å²) < 4.78 is 0. The predicted molar refractivity (Wildman–Crippen MR) is 75.6 cm³/mol. The van der Waals surface area contributed by atoms with Crippen LogP contribution in [0.3, 0.4) is 0 Å². The van der Waals surface area contributed by atoms with Gasteiger partial charge in [0.2, 0.25) is 0 Å². The molecule has 0 aromatic rings. The molecule has 0 rings (SSSR count). The summed E-state index contributed by atoms with van der Waals surface area (Å²) in [4.78, 5) is 0. The second-order valence-corrected chi connectivity index (χ2v) is 4.66. The van der Waals surface area contributed by atoms with Crippen molar-refractivity contribution in [1.29, 1.82) is 0 Å². The summed E-state index contributed by atoms with van der Waals surface area (Å²) in [6.45, 7) is 12.8. The van der Waals surface area contributed by atoms with E-state index in [1.165, 1.54) is 31.3 Å². The smallest absolute Gasteiger partial charge is 0.0219 e. The van der Waals surface area contributed by atoms with E-state index in [1.54, 1.807) is 5.57 Å². The van der Waals surface area contributed by atoms with Crippen LogP contribution < -0.4 is 0 Å². The molecule has 0 fully saturated rings. The van der Waals surface area contributed by atoms with Crippen LogP contribution in [-0.2, 0) is 0 Å². The van der Waals surface area contributed by atoms with Crippen LogP contribution in [0, 0.1) is 5.92 Å². The molecule has 0 N–H and O–H groups in total. The van der Waals surface area contributed by atoms with Crippen LogP contribution in [0.15, 0.2) is 36.0 Å². The molecule has 92 valence electrons. The van der Waals surface area contributed by atoms with E-state index in [1.807, 2.05) is 6.08 Å². The average molecular weight is 220 g/mol. The van der Waals surface area contributed by atoms with Crippen LogP contribution in [0.5, 0.6) is 0 Å². The van der Waals surface area contributed by atoms with Gasteiger partial charge in [0.05, 0.1) is 0 Å². The largest absolute Gasteiger partial charge is 0.103 e. The molecular formula is C16H28. The first-order chi connectivity index (χ1) is 7.65. The van der Waals surface area contributed by atoms with Gasteiger partial charge in [-0.1, -0.05) is 57.4 Å². The van der Waals surface area contributed by atoms with Gasteiger partial charge < -0.3 is 0 Å². The van der Waals surface area contributed by atoms with Gasteiger partial charge in [-0.3, -0.25) is 0 Å². The molecule has 0 aromatic heterocycles. The summed E-state index contributed by atoms with van der Waals surface area (Å²) in [6, 6.07) is 0. The van der Waals surface area contributed by atoms with Crippen LogP contribution in [0.25, 0.3) is 0 Å². The zero-order valence-electron chi connectivity index (χ0n) is 11.6. The van der Waals surface area contributed by atoms with Crippen LogP contribution >= 0.6 is 0 Å². The molecule has 0 amide bonds. The minimum atomic E-state index is 0.577. The van der Waals surface area contributed by atoms with Crippen molar-refractivity contribution in [3.63, 3.8) is 0 Å². The van der Waals surface area contributed by atoms with Crippen molar-refractivity contribution < 1.29 is 0 Å². The highest BCUT2D eigenvalue weighted by Crippen LogP contribution is 2.20. The van der Waals surface area contributed by atoms with E-state index in [2.05, 4.69) is 46.4 Å². The summed E-state index contributed by atoms with van der Waals surface area (Å²) in [6.07, 6.45) is 12.7. The molecule has 0 aliphatic carbocycles. The van der Waals surface area contributed by atoms with Crippen molar-refractivity contribution in [3.05, 3.63) is 36.0 Å². The van der Waals surface area contributed by atoms with Gasteiger partial charge in [0.25, 0.3) is 0 Å². The van der Waals surface area contributed by atoms with E-state index in [4.69, 9.17) is 0 Å². The molecule has 0 nitrogen and oxygen atoms in total. The predicted octanol–water partition coefficient (Wildman–Crippen LogP) is 5.67. The maximum atomic E-state index is 3.87. The Balaban J connectivity index is 4.61. The van der Waals surface area contributed by atoms with Gasteiger partial charge in [0.15, 0.2) is 0 Å². The summed E-state index contributed by atoms with van der Waals surface area (Å²) in [5.41, 5.74) is 3.06. The molecule has 0 bridgehead atoms. The van der Waals surface area contributed by atoms with Gasteiger partial charge in [0, 0.05) is 0 Å². The molecule has 0 saturated heterocycles. The molecule has 1 unspecified atom stereocenters. The van der Waals surface area contributed by atoms with Crippen molar-refractivity contribution in [2.24, 2.45) is 5.92 Å². The van der Waals surface area contributed by atoms with Crippen LogP contribution in [0.1, 0.15) is 59.8 Å². The highest BCUT2D eigenvalue weighted by atomic mass is 14.1. The maximum absolute atomic E-state index is 3.87. The lowest BCUT2D eigenvalue weighted by molar-refractivity contribution is 0.715. The monoisotopic (exact) mass is 220 g/mol. The first-order valence-corrected chi connectivity index (χ1v) is 6.63. The van der Waals surface area contributed by atoms with Gasteiger partial charge in [-0.2, -0.15) is 0 Å². The molecule has 16 heavy (non-hydrogen) atoms. The molecule has 0 aromatic carbocycles. The fraction of sp³-hybridized carbons (Fsp3) is 0.625. The van der Waals surface area contributed by atoms with E-state index in [-0.39, 0.29) is 0 Å². The van der Waals surface area contributed by atoms with Crippen LogP contribution in [0.2, 0.25) is 0 Å². The van der Waals surface area contributed by atoms with Crippen LogP contribution in [-0.4, -0.2) is 0 Å². The number of unbranched alkanes of at least 4 members (excludes halogenated alkanes) is 1. The Morgan fingerprint density at radius 2 is 1.94 bits per heavy atom. The first kappa shape index (κ1) is 15.2. The molecule has 0 aliphatic rings. The van der Waals surface area contributed by atoms with Crippen molar-refractivity contribution in [2.75, 3.05) is 0 Å². The lowest BCUT2D eigenvalue weighted by Crippen LogP contribution is -1.94. The van der Waals surface area contributed by atoms with Crippen molar-refractivity contribution in [1.82, 2.24) is 0 Å². The molecule has 0 saturated carbocycles. The van der Waals surface area contributed by atoms with E-state index >= 15 is 0 Å². The van der Waals surface area contributed by atoms with Crippen molar-refractivity contribution in [3.8, 4) is 0 Å². The maximum Gasteiger partial charge on any atom is -0.0219 e. The molecule has 0 aliphatic heterocycles. The molecular weight excluding hydrogens is 192 g/mol. The lowest BCUT2D eigenvalue weighted by atomic mass is 9.95. The quantitative estimate of drug-likeness (QED) is 0.365. The normalized spacial score (nSPS) is 15.0. The van der Waals surface area contributed by atoms with E-state index in [0.717, 1.165) is 6.42 Å². The van der Waals surface area contributed by atoms with Gasteiger partial charge >= 0.3 is 0 Å². The summed E-state index contributed by atoms with van der Waals surface area (Å²) in [5.74, 6) is 0.577. The van der Waals surface area contributed by atoms with E-state index in [9.17, 15) is 0 Å². The highest BCUT2D eigenvalue weighted by Gasteiger charge is 2.03. The standard InChI is InChI=1S/C16H28/c1-6-9-10-12-16(13-14(4)8-3)15(5)11-7-2/h8,10,12,14H,3,6-7,9,11,13H2,1-2,4-5H3. The van der Waals surface area contributed by atoms with E-state index < -0.39 is 0 Å². The third-order valence-electron chi connectivity index (χ3n) is 2.89. The Bertz CT molecular complexity index is 243. The third-order valence-corrected chi connectivity index (χ3v) is 2.89. The van der Waals surface area contributed by atoms with Gasteiger partial charge in [0.1, 0.15) is 0 Å². The minimum Gasteiger partial charge on any atom is -0.103 e. The summed E-state index contributed by atoms with van der Waals surface area (Å²) in [5, 5.41) is 0.